The molecule has 0 saturated carbocycles. The van der Waals surface area contributed by atoms with Crippen molar-refractivity contribution in [3.05, 3.63) is 17.0 Å². The number of thiophene rings is 1. The van der Waals surface area contributed by atoms with Gasteiger partial charge in [-0.15, -0.1) is 11.3 Å². The monoisotopic (exact) mass is 241 g/mol. The molecule has 72 valence electrons. The van der Waals surface area contributed by atoms with E-state index < -0.39 is 11.1 Å². The van der Waals surface area contributed by atoms with E-state index in [1.807, 2.05) is 0 Å². The first-order valence-electron chi connectivity index (χ1n) is 3.52. The fraction of sp³-hybridized carbons (Fsp3) is 0.286. The summed E-state index contributed by atoms with van der Waals surface area (Å²) in [4.78, 5) is 11.4. The molecule has 1 N–H and O–H groups in total. The Balaban J connectivity index is 0.00000169. The molecule has 1 atom stereocenters. The average Bonchev–Trinajstić information content (AvgIpc) is 2.48. The second-order valence-corrected chi connectivity index (χ2v) is 4.70. The molecular weight excluding hydrogens is 233 g/mol. The number of amides is 1. The summed E-state index contributed by atoms with van der Waals surface area (Å²) in [7, 11) is 0. The van der Waals surface area contributed by atoms with Crippen LogP contribution in [-0.4, -0.2) is 14.7 Å². The number of rotatable bonds is 3. The molecule has 0 radical (unpaired) electrons. The number of carbonyl (C=O) groups excluding carboxylic acids is 1. The maximum atomic E-state index is 10.5. The molecule has 1 aromatic rings. The van der Waals surface area contributed by atoms with Gasteiger partial charge in [0, 0.05) is 11.8 Å². The van der Waals surface area contributed by atoms with Crippen LogP contribution in [0.4, 0.5) is 0 Å². The normalized spacial score (nSPS) is 11.6. The van der Waals surface area contributed by atoms with E-state index in [4.69, 9.17) is 0 Å². The van der Waals surface area contributed by atoms with Crippen molar-refractivity contribution >= 4 is 28.3 Å². The van der Waals surface area contributed by atoms with Gasteiger partial charge in [-0.3, -0.25) is 9.00 Å². The van der Waals surface area contributed by atoms with Crippen LogP contribution >= 0.6 is 11.3 Å². The van der Waals surface area contributed by atoms with E-state index in [2.05, 4.69) is 5.32 Å². The third kappa shape index (κ3) is 4.68. The van der Waals surface area contributed by atoms with E-state index in [0.29, 0.717) is 10.8 Å². The van der Waals surface area contributed by atoms with Gasteiger partial charge in [0.2, 0.25) is 5.91 Å². The van der Waals surface area contributed by atoms with Gasteiger partial charge in [0.25, 0.3) is 0 Å². The molecule has 0 aromatic carbocycles. The molecule has 1 amide bonds. The van der Waals surface area contributed by atoms with Crippen molar-refractivity contribution in [1.29, 1.82) is 0 Å². The van der Waals surface area contributed by atoms with Crippen LogP contribution in [0.15, 0.2) is 16.3 Å². The van der Waals surface area contributed by atoms with E-state index in [9.17, 15) is 13.6 Å². The van der Waals surface area contributed by atoms with Crippen molar-refractivity contribution in [2.24, 2.45) is 0 Å². The summed E-state index contributed by atoms with van der Waals surface area (Å²) < 4.78 is 21.2. The van der Waals surface area contributed by atoms with E-state index in [1.165, 1.54) is 13.0 Å². The van der Waals surface area contributed by atoms with Gasteiger partial charge >= 0.3 is 29.6 Å². The zero-order valence-electron chi connectivity index (χ0n) is 7.90. The molecule has 1 unspecified atom stereocenters. The molecule has 0 spiro atoms. The van der Waals surface area contributed by atoms with E-state index >= 15 is 0 Å². The van der Waals surface area contributed by atoms with Crippen LogP contribution in [-0.2, 0) is 22.4 Å². The minimum absolute atomic E-state index is 0. The second kappa shape index (κ2) is 6.71. The number of hydrogen-bond acceptors (Lipinski definition) is 4. The van der Waals surface area contributed by atoms with Crippen molar-refractivity contribution in [1.82, 2.24) is 5.32 Å². The van der Waals surface area contributed by atoms with Gasteiger partial charge in [0.05, 0.1) is 10.8 Å². The fourth-order valence-electron chi connectivity index (χ4n) is 0.754. The van der Waals surface area contributed by atoms with Gasteiger partial charge in [-0.1, -0.05) is 0 Å². The zero-order chi connectivity index (χ0) is 9.84. The Morgan fingerprint density at radius 1 is 1.64 bits per heavy atom. The molecule has 0 aliphatic heterocycles. The van der Waals surface area contributed by atoms with Crippen molar-refractivity contribution in [3.63, 3.8) is 0 Å². The van der Waals surface area contributed by atoms with Gasteiger partial charge < -0.3 is 9.87 Å². The molecule has 0 fully saturated rings. The first kappa shape index (κ1) is 14.3. The summed E-state index contributed by atoms with van der Waals surface area (Å²) in [6, 6.07) is 3.21. The maximum Gasteiger partial charge on any atom is 1.00 e. The zero-order valence-corrected chi connectivity index (χ0v) is 11.5. The third-order valence-corrected chi connectivity index (χ3v) is 3.32. The van der Waals surface area contributed by atoms with E-state index in [1.54, 1.807) is 6.07 Å². The summed E-state index contributed by atoms with van der Waals surface area (Å²) in [5.74, 6) is -0.127. The number of hydrogen-bond donors (Lipinski definition) is 1. The summed E-state index contributed by atoms with van der Waals surface area (Å²) in [6.45, 7) is 1.80. The van der Waals surface area contributed by atoms with E-state index in [-0.39, 0.29) is 35.5 Å². The van der Waals surface area contributed by atoms with Crippen LogP contribution in [0.1, 0.15) is 11.8 Å². The molecule has 0 saturated heterocycles. The summed E-state index contributed by atoms with van der Waals surface area (Å²) in [5, 5.41) is 2.58. The molecular formula is C7H8NNaO3S2. The molecule has 0 aliphatic carbocycles. The van der Waals surface area contributed by atoms with Crippen molar-refractivity contribution in [2.45, 2.75) is 17.7 Å². The van der Waals surface area contributed by atoms with Gasteiger partial charge in [0.1, 0.15) is 0 Å². The average molecular weight is 241 g/mol. The molecule has 7 heteroatoms. The van der Waals surface area contributed by atoms with Gasteiger partial charge in [-0.25, -0.2) is 0 Å². The summed E-state index contributed by atoms with van der Waals surface area (Å²) in [6.07, 6.45) is 0. The largest absolute Gasteiger partial charge is 1.00 e. The Kier molecular flexibility index (Phi) is 6.84. The number of carbonyl (C=O) groups is 1. The molecule has 1 heterocycles. The quantitative estimate of drug-likeness (QED) is 0.475. The Hall–Kier alpha value is 0.280. The SMILES string of the molecule is CC(=O)NCc1ccc(S(=O)[O-])s1.[Na+]. The van der Waals surface area contributed by atoms with Gasteiger partial charge in [0.15, 0.2) is 0 Å². The third-order valence-electron chi connectivity index (χ3n) is 1.31. The Morgan fingerprint density at radius 2 is 2.29 bits per heavy atom. The molecule has 4 nitrogen and oxygen atoms in total. The van der Waals surface area contributed by atoms with Crippen LogP contribution in [0.5, 0.6) is 0 Å². The number of nitrogens with one attached hydrogen (secondary N) is 1. The summed E-state index contributed by atoms with van der Waals surface area (Å²) >= 11 is -1.01. The van der Waals surface area contributed by atoms with Crippen molar-refractivity contribution in [2.75, 3.05) is 0 Å². The molecule has 0 aliphatic rings. The molecule has 0 bridgehead atoms. The van der Waals surface area contributed by atoms with Crippen molar-refractivity contribution in [3.8, 4) is 0 Å². The molecule has 1 rings (SSSR count). The van der Waals surface area contributed by atoms with Crippen LogP contribution in [0.2, 0.25) is 0 Å². The Labute approximate surface area is 111 Å². The standard InChI is InChI=1S/C7H9NO3S2.Na/c1-5(9)8-4-6-2-3-7(12-6)13(10)11;/h2-3H,4H2,1H3,(H,8,9)(H,10,11);/q;+1/p-1. The van der Waals surface area contributed by atoms with Crippen LogP contribution in [0.25, 0.3) is 0 Å². The van der Waals surface area contributed by atoms with Crippen LogP contribution < -0.4 is 34.9 Å². The Bertz CT molecular complexity index is 339. The molecule has 1 aromatic heterocycles. The summed E-state index contributed by atoms with van der Waals surface area (Å²) in [5.41, 5.74) is 0. The maximum absolute atomic E-state index is 10.5. The van der Waals surface area contributed by atoms with E-state index in [0.717, 1.165) is 16.2 Å². The van der Waals surface area contributed by atoms with Crippen molar-refractivity contribution < 1.29 is 43.1 Å². The Morgan fingerprint density at radius 3 is 2.71 bits per heavy atom. The predicted molar refractivity (Wildman–Crippen MR) is 49.0 cm³/mol. The fourth-order valence-corrected chi connectivity index (χ4v) is 2.20. The second-order valence-electron chi connectivity index (χ2n) is 2.37. The minimum Gasteiger partial charge on any atom is -0.768 e. The van der Waals surface area contributed by atoms with Gasteiger partial charge in [-0.05, 0) is 23.2 Å². The predicted octanol–water partition coefficient (Wildman–Crippen LogP) is -2.37. The van der Waals surface area contributed by atoms with Gasteiger partial charge in [-0.2, -0.15) is 0 Å². The minimum atomic E-state index is -2.17. The van der Waals surface area contributed by atoms with Crippen LogP contribution in [0, 0.1) is 0 Å². The first-order chi connectivity index (χ1) is 6.09. The smallest absolute Gasteiger partial charge is 0.768 e. The first-order valence-corrected chi connectivity index (χ1v) is 5.41. The topological polar surface area (TPSA) is 69.2 Å². The van der Waals surface area contributed by atoms with Crippen LogP contribution in [0.3, 0.4) is 0 Å². The molecule has 14 heavy (non-hydrogen) atoms.